The highest BCUT2D eigenvalue weighted by molar-refractivity contribution is 5.25. The summed E-state index contributed by atoms with van der Waals surface area (Å²) in [6.07, 6.45) is 0.646. The highest BCUT2D eigenvalue weighted by Gasteiger charge is 2.13. The number of nitrogens with zero attached hydrogens (tertiary/aromatic N) is 1. The minimum Gasteiger partial charge on any atom is -0.298 e. The Balaban J connectivity index is 1.94. The zero-order chi connectivity index (χ0) is 14.4. The van der Waals surface area contributed by atoms with E-state index in [9.17, 15) is 8.78 Å². The van der Waals surface area contributed by atoms with E-state index in [0.29, 0.717) is 18.5 Å². The molecule has 102 valence electrons. The van der Waals surface area contributed by atoms with Crippen LogP contribution in [-0.4, -0.2) is 6.54 Å². The smallest absolute Gasteiger partial charge is 0.129 e. The van der Waals surface area contributed by atoms with Crippen LogP contribution < -0.4 is 5.32 Å². The van der Waals surface area contributed by atoms with Gasteiger partial charge in [0.1, 0.15) is 17.7 Å². The molecule has 0 saturated carbocycles. The molecule has 0 bridgehead atoms. The van der Waals surface area contributed by atoms with E-state index in [-0.39, 0.29) is 5.82 Å². The number of benzene rings is 2. The summed E-state index contributed by atoms with van der Waals surface area (Å²) in [7, 11) is 0. The summed E-state index contributed by atoms with van der Waals surface area (Å²) in [5.74, 6) is -0.670. The number of hydrogen-bond donors (Lipinski definition) is 1. The molecule has 0 aliphatic rings. The average Bonchev–Trinajstić information content (AvgIpc) is 2.47. The Morgan fingerprint density at radius 3 is 2.40 bits per heavy atom. The van der Waals surface area contributed by atoms with Gasteiger partial charge in [-0.25, -0.2) is 8.78 Å². The second kappa shape index (κ2) is 6.78. The average molecular weight is 272 g/mol. The maximum absolute atomic E-state index is 13.6. The van der Waals surface area contributed by atoms with E-state index >= 15 is 0 Å². The van der Waals surface area contributed by atoms with Crippen molar-refractivity contribution in [1.82, 2.24) is 5.32 Å². The van der Waals surface area contributed by atoms with Crippen molar-refractivity contribution < 1.29 is 8.78 Å². The van der Waals surface area contributed by atoms with Gasteiger partial charge in [-0.1, -0.05) is 30.3 Å². The molecule has 1 atom stereocenters. The lowest BCUT2D eigenvalue weighted by atomic mass is 10.1. The van der Waals surface area contributed by atoms with Gasteiger partial charge in [-0.05, 0) is 30.2 Å². The van der Waals surface area contributed by atoms with Crippen molar-refractivity contribution in [2.24, 2.45) is 0 Å². The predicted molar refractivity (Wildman–Crippen MR) is 72.9 cm³/mol. The van der Waals surface area contributed by atoms with E-state index in [2.05, 4.69) is 5.32 Å². The summed E-state index contributed by atoms with van der Waals surface area (Å²) in [4.78, 5) is 0. The predicted octanol–water partition coefficient (Wildman–Crippen LogP) is 3.36. The van der Waals surface area contributed by atoms with Gasteiger partial charge in [0, 0.05) is 12.1 Å². The molecule has 0 aliphatic heterocycles. The van der Waals surface area contributed by atoms with Crippen LogP contribution in [0.1, 0.15) is 17.2 Å². The lowest BCUT2D eigenvalue weighted by Gasteiger charge is -2.12. The second-order valence-corrected chi connectivity index (χ2v) is 4.41. The fourth-order valence-corrected chi connectivity index (χ4v) is 1.95. The Hall–Kier alpha value is -2.25. The van der Waals surface area contributed by atoms with Crippen molar-refractivity contribution >= 4 is 0 Å². The fourth-order valence-electron chi connectivity index (χ4n) is 1.95. The molecule has 0 amide bonds. The molecular formula is C16H14F2N2. The van der Waals surface area contributed by atoms with Crippen LogP contribution in [0.5, 0.6) is 0 Å². The molecule has 0 fully saturated rings. The van der Waals surface area contributed by atoms with Gasteiger partial charge in [0.15, 0.2) is 0 Å². The van der Waals surface area contributed by atoms with Gasteiger partial charge in [-0.3, -0.25) is 5.32 Å². The van der Waals surface area contributed by atoms with E-state index in [1.54, 1.807) is 30.3 Å². The minimum absolute atomic E-state index is 0.275. The van der Waals surface area contributed by atoms with E-state index in [0.717, 1.165) is 5.56 Å². The van der Waals surface area contributed by atoms with Crippen LogP contribution in [0.15, 0.2) is 48.5 Å². The number of nitrogens with one attached hydrogen (secondary N) is 1. The Morgan fingerprint density at radius 2 is 1.75 bits per heavy atom. The molecule has 0 aliphatic carbocycles. The molecule has 20 heavy (non-hydrogen) atoms. The van der Waals surface area contributed by atoms with Crippen LogP contribution in [0.2, 0.25) is 0 Å². The number of hydrogen-bond acceptors (Lipinski definition) is 2. The second-order valence-electron chi connectivity index (χ2n) is 4.41. The van der Waals surface area contributed by atoms with Crippen LogP contribution in [-0.2, 0) is 6.42 Å². The molecule has 2 nitrogen and oxygen atoms in total. The third-order valence-electron chi connectivity index (χ3n) is 3.02. The molecule has 2 rings (SSSR count). The van der Waals surface area contributed by atoms with E-state index in [1.807, 2.05) is 6.07 Å². The van der Waals surface area contributed by atoms with E-state index in [1.165, 1.54) is 18.2 Å². The van der Waals surface area contributed by atoms with Crippen LogP contribution in [0.3, 0.4) is 0 Å². The summed E-state index contributed by atoms with van der Waals surface area (Å²) in [5.41, 5.74) is 1.30. The van der Waals surface area contributed by atoms with Gasteiger partial charge < -0.3 is 0 Å². The zero-order valence-electron chi connectivity index (χ0n) is 10.8. The zero-order valence-corrected chi connectivity index (χ0v) is 10.8. The molecule has 1 unspecified atom stereocenters. The Labute approximate surface area is 116 Å². The molecule has 0 saturated heterocycles. The first-order chi connectivity index (χ1) is 9.70. The van der Waals surface area contributed by atoms with Gasteiger partial charge in [0.25, 0.3) is 0 Å². The highest BCUT2D eigenvalue weighted by atomic mass is 19.1. The number of halogens is 2. The third kappa shape index (κ3) is 3.62. The molecule has 0 aromatic heterocycles. The van der Waals surface area contributed by atoms with Gasteiger partial charge in [0.2, 0.25) is 0 Å². The van der Waals surface area contributed by atoms with Crippen molar-refractivity contribution in [3.63, 3.8) is 0 Å². The molecule has 0 radical (unpaired) electrons. The quantitative estimate of drug-likeness (QED) is 0.906. The largest absolute Gasteiger partial charge is 0.298 e. The first-order valence-electron chi connectivity index (χ1n) is 6.32. The van der Waals surface area contributed by atoms with Crippen LogP contribution in [0.4, 0.5) is 8.78 Å². The molecule has 0 spiro atoms. The number of nitriles is 1. The molecule has 0 heterocycles. The standard InChI is InChI=1S/C16H14F2N2/c17-13-7-5-12(6-8-13)9-10-20-16(11-19)14-3-1-2-4-15(14)18/h1-8,16,20H,9-10H2. The van der Waals surface area contributed by atoms with E-state index < -0.39 is 11.9 Å². The van der Waals surface area contributed by atoms with Gasteiger partial charge in [-0.2, -0.15) is 5.26 Å². The molecule has 1 N–H and O–H groups in total. The Kier molecular flexibility index (Phi) is 4.80. The molecule has 2 aromatic rings. The Bertz CT molecular complexity index is 603. The minimum atomic E-state index is -0.684. The first-order valence-corrected chi connectivity index (χ1v) is 6.32. The topological polar surface area (TPSA) is 35.8 Å². The number of rotatable bonds is 5. The molecular weight excluding hydrogens is 258 g/mol. The van der Waals surface area contributed by atoms with Gasteiger partial charge in [-0.15, -0.1) is 0 Å². The maximum atomic E-state index is 13.6. The van der Waals surface area contributed by atoms with Crippen LogP contribution >= 0.6 is 0 Å². The van der Waals surface area contributed by atoms with Crippen LogP contribution in [0.25, 0.3) is 0 Å². The Morgan fingerprint density at radius 1 is 1.05 bits per heavy atom. The maximum Gasteiger partial charge on any atom is 0.129 e. The highest BCUT2D eigenvalue weighted by Crippen LogP contribution is 2.16. The SMILES string of the molecule is N#CC(NCCc1ccc(F)cc1)c1ccccc1F. The van der Waals surface area contributed by atoms with Crippen molar-refractivity contribution in [3.8, 4) is 6.07 Å². The van der Waals surface area contributed by atoms with Crippen molar-refractivity contribution in [2.45, 2.75) is 12.5 Å². The summed E-state index contributed by atoms with van der Waals surface area (Å²) in [5, 5.41) is 12.1. The van der Waals surface area contributed by atoms with Crippen molar-refractivity contribution in [1.29, 1.82) is 5.26 Å². The van der Waals surface area contributed by atoms with Crippen LogP contribution in [0, 0.1) is 23.0 Å². The molecule has 2 aromatic carbocycles. The fraction of sp³-hybridized carbons (Fsp3) is 0.188. The van der Waals surface area contributed by atoms with Gasteiger partial charge in [0.05, 0.1) is 6.07 Å². The first kappa shape index (κ1) is 14.2. The molecule has 4 heteroatoms. The van der Waals surface area contributed by atoms with E-state index in [4.69, 9.17) is 5.26 Å². The summed E-state index contributed by atoms with van der Waals surface area (Å²) < 4.78 is 26.3. The lowest BCUT2D eigenvalue weighted by Crippen LogP contribution is -2.23. The lowest BCUT2D eigenvalue weighted by molar-refractivity contribution is 0.563. The van der Waals surface area contributed by atoms with Crippen molar-refractivity contribution in [3.05, 3.63) is 71.3 Å². The third-order valence-corrected chi connectivity index (χ3v) is 3.02. The summed E-state index contributed by atoms with van der Waals surface area (Å²) in [6, 6.07) is 13.8. The van der Waals surface area contributed by atoms with Crippen molar-refractivity contribution in [2.75, 3.05) is 6.54 Å². The monoisotopic (exact) mass is 272 g/mol. The summed E-state index contributed by atoms with van der Waals surface area (Å²) in [6.45, 7) is 0.512. The normalized spacial score (nSPS) is 11.8. The summed E-state index contributed by atoms with van der Waals surface area (Å²) >= 11 is 0. The van der Waals surface area contributed by atoms with Gasteiger partial charge >= 0.3 is 0 Å².